The maximum absolute atomic E-state index is 12.8. The van der Waals surface area contributed by atoms with Crippen LogP contribution in [0.3, 0.4) is 0 Å². The van der Waals surface area contributed by atoms with E-state index < -0.39 is 15.6 Å². The summed E-state index contributed by atoms with van der Waals surface area (Å²) in [6, 6.07) is 18.6. The van der Waals surface area contributed by atoms with Crippen LogP contribution < -0.4 is 14.8 Å². The summed E-state index contributed by atoms with van der Waals surface area (Å²) in [5.41, 5.74) is 0.736. The Bertz CT molecular complexity index is 1190. The van der Waals surface area contributed by atoms with Gasteiger partial charge in [-0.05, 0) is 61.7 Å². The first-order chi connectivity index (χ1) is 14.6. The van der Waals surface area contributed by atoms with Gasteiger partial charge in [-0.2, -0.15) is 0 Å². The Balaban J connectivity index is 1.76. The first-order valence-electron chi connectivity index (χ1n) is 10.1. The molecule has 0 atom stereocenters. The van der Waals surface area contributed by atoms with Crippen molar-refractivity contribution < 1.29 is 17.9 Å². The van der Waals surface area contributed by atoms with Gasteiger partial charge in [0.25, 0.3) is 5.91 Å². The van der Waals surface area contributed by atoms with Crippen LogP contribution in [0.1, 0.15) is 36.7 Å². The number of carbonyl (C=O) groups is 1. The van der Waals surface area contributed by atoms with Gasteiger partial charge in [0.1, 0.15) is 10.6 Å². The number of carbonyl (C=O) groups excluding carboxylic acids is 1. The Morgan fingerprint density at radius 2 is 1.71 bits per heavy atom. The number of nitrogens with one attached hydrogen (secondary N) is 2. The van der Waals surface area contributed by atoms with Gasteiger partial charge < -0.3 is 10.1 Å². The largest absolute Gasteiger partial charge is 0.495 e. The lowest BCUT2D eigenvalue weighted by atomic mass is 10.0. The molecule has 0 unspecified atom stereocenters. The van der Waals surface area contributed by atoms with Crippen LogP contribution in [0, 0.1) is 0 Å². The Morgan fingerprint density at radius 3 is 2.42 bits per heavy atom. The van der Waals surface area contributed by atoms with Gasteiger partial charge >= 0.3 is 0 Å². The van der Waals surface area contributed by atoms with Crippen molar-refractivity contribution in [2.24, 2.45) is 0 Å². The highest BCUT2D eigenvalue weighted by Gasteiger charge is 2.26. The van der Waals surface area contributed by atoms with E-state index in [9.17, 15) is 13.2 Å². The smallest absolute Gasteiger partial charge is 0.251 e. The average Bonchev–Trinajstić information content (AvgIpc) is 2.71. The van der Waals surface area contributed by atoms with Gasteiger partial charge in [0.05, 0.1) is 7.11 Å². The van der Waals surface area contributed by atoms with Gasteiger partial charge in [-0.25, -0.2) is 13.1 Å². The molecule has 164 valence electrons. The molecule has 0 saturated carbocycles. The second-order valence-electron chi connectivity index (χ2n) is 8.37. The molecule has 6 nitrogen and oxygen atoms in total. The van der Waals surface area contributed by atoms with Crippen molar-refractivity contribution in [1.82, 2.24) is 10.0 Å². The van der Waals surface area contributed by atoms with Crippen molar-refractivity contribution in [2.75, 3.05) is 13.7 Å². The van der Waals surface area contributed by atoms with Gasteiger partial charge in [-0.15, -0.1) is 0 Å². The Hall–Kier alpha value is -2.90. The monoisotopic (exact) mass is 440 g/mol. The Kier molecular flexibility index (Phi) is 6.67. The van der Waals surface area contributed by atoms with E-state index in [2.05, 4.69) is 28.2 Å². The van der Waals surface area contributed by atoms with Gasteiger partial charge in [0.15, 0.2) is 0 Å². The number of benzene rings is 3. The minimum absolute atomic E-state index is 0.0633. The van der Waals surface area contributed by atoms with Crippen molar-refractivity contribution in [2.45, 2.75) is 37.6 Å². The van der Waals surface area contributed by atoms with Gasteiger partial charge in [0, 0.05) is 17.6 Å². The number of fused-ring (bicyclic) bond motifs is 1. The van der Waals surface area contributed by atoms with Crippen LogP contribution in [-0.4, -0.2) is 33.5 Å². The molecule has 0 aliphatic carbocycles. The lowest BCUT2D eigenvalue weighted by Gasteiger charge is -2.21. The third-order valence-corrected chi connectivity index (χ3v) is 6.49. The second kappa shape index (κ2) is 9.08. The number of hydrogen-bond donors (Lipinski definition) is 2. The van der Waals surface area contributed by atoms with Crippen LogP contribution in [0.15, 0.2) is 65.6 Å². The highest BCUT2D eigenvalue weighted by Crippen LogP contribution is 2.26. The van der Waals surface area contributed by atoms with Gasteiger partial charge in [-0.3, -0.25) is 4.79 Å². The normalized spacial score (nSPS) is 12.0. The Morgan fingerprint density at radius 1 is 1.00 bits per heavy atom. The van der Waals surface area contributed by atoms with Crippen LogP contribution in [0.2, 0.25) is 0 Å². The number of hydrogen-bond acceptors (Lipinski definition) is 4. The van der Waals surface area contributed by atoms with Crippen molar-refractivity contribution >= 4 is 26.7 Å². The number of amides is 1. The summed E-state index contributed by atoms with van der Waals surface area (Å²) in [4.78, 5) is 12.6. The van der Waals surface area contributed by atoms with Gasteiger partial charge in [-0.1, -0.05) is 42.5 Å². The lowest BCUT2D eigenvalue weighted by Crippen LogP contribution is -2.40. The molecule has 31 heavy (non-hydrogen) atoms. The van der Waals surface area contributed by atoms with E-state index in [1.807, 2.05) is 24.3 Å². The predicted octanol–water partition coefficient (Wildman–Crippen LogP) is 3.90. The van der Waals surface area contributed by atoms with Crippen LogP contribution in [0.5, 0.6) is 5.75 Å². The standard InChI is InChI=1S/C24H28N2O4S/c1-24(2,3)26-31(28,29)22-16-19(12-13-21(22)30-4)23(27)25-15-14-18-10-7-9-17-8-5-6-11-20(17)18/h5-13,16,26H,14-15H2,1-4H3,(H,25,27). The molecule has 0 aliphatic heterocycles. The topological polar surface area (TPSA) is 84.5 Å². The zero-order chi connectivity index (χ0) is 22.6. The van der Waals surface area contributed by atoms with Crippen molar-refractivity contribution in [1.29, 1.82) is 0 Å². The summed E-state index contributed by atoms with van der Waals surface area (Å²) in [5, 5.41) is 5.19. The SMILES string of the molecule is COc1ccc(C(=O)NCCc2cccc3ccccc23)cc1S(=O)(=O)NC(C)(C)C. The van der Waals surface area contributed by atoms with Gasteiger partial charge in [0.2, 0.25) is 10.0 Å². The lowest BCUT2D eigenvalue weighted by molar-refractivity contribution is 0.0954. The number of sulfonamides is 1. The molecule has 0 bridgehead atoms. The second-order valence-corrected chi connectivity index (χ2v) is 10.0. The maximum Gasteiger partial charge on any atom is 0.251 e. The van der Waals surface area contributed by atoms with E-state index in [1.165, 1.54) is 19.2 Å². The van der Waals surface area contributed by atoms with E-state index in [0.29, 0.717) is 13.0 Å². The molecule has 0 aliphatic rings. The minimum atomic E-state index is -3.86. The maximum atomic E-state index is 12.8. The third kappa shape index (κ3) is 5.62. The molecule has 0 saturated heterocycles. The van der Waals surface area contributed by atoms with Crippen molar-refractivity contribution in [3.8, 4) is 5.75 Å². The highest BCUT2D eigenvalue weighted by atomic mass is 32.2. The fourth-order valence-corrected chi connectivity index (χ4v) is 5.02. The summed E-state index contributed by atoms with van der Waals surface area (Å²) < 4.78 is 33.4. The molecular formula is C24H28N2O4S. The number of ether oxygens (including phenoxy) is 1. The fourth-order valence-electron chi connectivity index (χ4n) is 3.41. The first kappa shape index (κ1) is 22.8. The summed E-state index contributed by atoms with van der Waals surface area (Å²) in [5.74, 6) is -0.154. The van der Waals surface area contributed by atoms with E-state index in [0.717, 1.165) is 16.3 Å². The average molecular weight is 441 g/mol. The fraction of sp³-hybridized carbons (Fsp3) is 0.292. The summed E-state index contributed by atoms with van der Waals surface area (Å²) in [7, 11) is -2.46. The van der Waals surface area contributed by atoms with Crippen LogP contribution in [0.4, 0.5) is 0 Å². The molecule has 3 aromatic rings. The molecule has 3 aromatic carbocycles. The minimum Gasteiger partial charge on any atom is -0.495 e. The van der Waals surface area contributed by atoms with Crippen molar-refractivity contribution in [3.05, 3.63) is 71.8 Å². The molecule has 0 spiro atoms. The molecule has 2 N–H and O–H groups in total. The summed E-state index contributed by atoms with van der Waals surface area (Å²) in [6.45, 7) is 5.68. The quantitative estimate of drug-likeness (QED) is 0.584. The molecule has 7 heteroatoms. The summed E-state index contributed by atoms with van der Waals surface area (Å²) in [6.07, 6.45) is 0.667. The zero-order valence-electron chi connectivity index (χ0n) is 18.2. The molecular weight excluding hydrogens is 412 g/mol. The van der Waals surface area contributed by atoms with Crippen molar-refractivity contribution in [3.63, 3.8) is 0 Å². The van der Waals surface area contributed by atoms with Crippen LogP contribution in [-0.2, 0) is 16.4 Å². The molecule has 0 radical (unpaired) electrons. The molecule has 0 aromatic heterocycles. The zero-order valence-corrected chi connectivity index (χ0v) is 19.0. The predicted molar refractivity (Wildman–Crippen MR) is 123 cm³/mol. The molecule has 0 heterocycles. The van der Waals surface area contributed by atoms with E-state index in [1.54, 1.807) is 26.8 Å². The number of methoxy groups -OCH3 is 1. The molecule has 3 rings (SSSR count). The first-order valence-corrected chi connectivity index (χ1v) is 11.6. The third-order valence-electron chi connectivity index (χ3n) is 4.72. The molecule has 1 amide bonds. The Labute approximate surface area is 183 Å². The highest BCUT2D eigenvalue weighted by molar-refractivity contribution is 7.89. The van der Waals surface area contributed by atoms with E-state index in [4.69, 9.17) is 4.74 Å². The van der Waals surface area contributed by atoms with Crippen LogP contribution in [0.25, 0.3) is 10.8 Å². The van der Waals surface area contributed by atoms with Crippen LogP contribution >= 0.6 is 0 Å². The van der Waals surface area contributed by atoms with E-state index in [-0.39, 0.29) is 22.1 Å². The summed E-state index contributed by atoms with van der Waals surface area (Å²) >= 11 is 0. The number of rotatable bonds is 7. The molecule has 0 fully saturated rings. The van der Waals surface area contributed by atoms with E-state index >= 15 is 0 Å².